The van der Waals surface area contributed by atoms with Crippen molar-refractivity contribution in [2.45, 2.75) is 32.7 Å². The summed E-state index contributed by atoms with van der Waals surface area (Å²) in [4.78, 5) is 31.3. The van der Waals surface area contributed by atoms with Gasteiger partial charge in [0, 0.05) is 28.7 Å². The Morgan fingerprint density at radius 2 is 1.87 bits per heavy atom. The van der Waals surface area contributed by atoms with E-state index in [1.807, 2.05) is 38.1 Å². The molecule has 1 atom stereocenters. The summed E-state index contributed by atoms with van der Waals surface area (Å²) in [5, 5.41) is 1.05. The number of hydrogen-bond donors (Lipinski definition) is 1. The Bertz CT molecular complexity index is 1140. The summed E-state index contributed by atoms with van der Waals surface area (Å²) >= 11 is 0. The zero-order chi connectivity index (χ0) is 22.0. The fourth-order valence-corrected chi connectivity index (χ4v) is 3.94. The molecule has 2 aromatic carbocycles. The minimum atomic E-state index is -0.434. The lowest BCUT2D eigenvalue weighted by Crippen LogP contribution is -2.35. The van der Waals surface area contributed by atoms with Crippen molar-refractivity contribution in [3.8, 4) is 5.75 Å². The first kappa shape index (κ1) is 20.7. The molecule has 1 aliphatic heterocycles. The van der Waals surface area contributed by atoms with Crippen molar-refractivity contribution >= 4 is 28.4 Å². The second kappa shape index (κ2) is 8.68. The van der Waals surface area contributed by atoms with Crippen molar-refractivity contribution in [2.75, 3.05) is 13.7 Å². The summed E-state index contributed by atoms with van der Waals surface area (Å²) in [5.74, 6) is 0.0722. The maximum Gasteiger partial charge on any atom is 0.341 e. The first-order valence-corrected chi connectivity index (χ1v) is 10.5. The van der Waals surface area contributed by atoms with E-state index in [0.717, 1.165) is 28.6 Å². The Morgan fingerprint density at radius 1 is 1.13 bits per heavy atom. The Balaban J connectivity index is 1.79. The minimum absolute atomic E-state index is 0.149. The van der Waals surface area contributed by atoms with Crippen LogP contribution in [0.2, 0.25) is 0 Å². The van der Waals surface area contributed by atoms with E-state index in [9.17, 15) is 9.59 Å². The predicted molar refractivity (Wildman–Crippen MR) is 120 cm³/mol. The summed E-state index contributed by atoms with van der Waals surface area (Å²) in [6, 6.07) is 14.8. The molecule has 6 heteroatoms. The molecular formula is C25H26N2O4. The number of carbonyl (C=O) groups excluding carboxylic acids is 2. The molecule has 160 valence electrons. The van der Waals surface area contributed by atoms with Gasteiger partial charge in [0.1, 0.15) is 5.75 Å². The van der Waals surface area contributed by atoms with Crippen molar-refractivity contribution in [2.24, 2.45) is 0 Å². The summed E-state index contributed by atoms with van der Waals surface area (Å²) < 4.78 is 10.6. The molecule has 2 heterocycles. The topological polar surface area (TPSA) is 71.6 Å². The van der Waals surface area contributed by atoms with Crippen molar-refractivity contribution in [3.63, 3.8) is 0 Å². The molecule has 0 radical (unpaired) electrons. The van der Waals surface area contributed by atoms with Crippen LogP contribution >= 0.6 is 0 Å². The highest BCUT2D eigenvalue weighted by molar-refractivity contribution is 6.18. The molecule has 0 spiro atoms. The van der Waals surface area contributed by atoms with Gasteiger partial charge in [-0.1, -0.05) is 25.1 Å². The average molecular weight is 418 g/mol. The third kappa shape index (κ3) is 3.93. The molecule has 31 heavy (non-hydrogen) atoms. The van der Waals surface area contributed by atoms with Gasteiger partial charge in [-0.25, -0.2) is 4.79 Å². The van der Waals surface area contributed by atoms with Crippen molar-refractivity contribution in [1.29, 1.82) is 0 Å². The molecule has 6 nitrogen and oxygen atoms in total. The Labute approximate surface area is 181 Å². The lowest BCUT2D eigenvalue weighted by molar-refractivity contribution is -0.136. The number of esters is 1. The van der Waals surface area contributed by atoms with Crippen LogP contribution in [0.15, 0.2) is 54.7 Å². The predicted octanol–water partition coefficient (Wildman–Crippen LogP) is 4.56. The molecule has 0 bridgehead atoms. The highest BCUT2D eigenvalue weighted by Gasteiger charge is 2.31. The van der Waals surface area contributed by atoms with E-state index in [4.69, 9.17) is 9.47 Å². The summed E-state index contributed by atoms with van der Waals surface area (Å²) in [6.07, 6.45) is 2.97. The van der Waals surface area contributed by atoms with Gasteiger partial charge in [-0.05, 0) is 55.7 Å². The van der Waals surface area contributed by atoms with E-state index < -0.39 is 5.97 Å². The number of methoxy groups -OCH3 is 1. The smallest absolute Gasteiger partial charge is 0.341 e. The molecule has 0 aliphatic carbocycles. The molecule has 1 aromatic heterocycles. The van der Waals surface area contributed by atoms with Crippen LogP contribution in [0, 0.1) is 0 Å². The van der Waals surface area contributed by atoms with E-state index in [-0.39, 0.29) is 11.9 Å². The minimum Gasteiger partial charge on any atom is -0.497 e. The highest BCUT2D eigenvalue weighted by atomic mass is 16.5. The van der Waals surface area contributed by atoms with Crippen LogP contribution in [-0.2, 0) is 16.0 Å². The number of para-hydroxylation sites is 1. The molecule has 1 N–H and O–H groups in total. The SMILES string of the molecule is CCCOC(=O)C1=CN(C(=O)c2ccc(OC)cc2)C(C)Cc2c1[nH]c1ccccc21. The highest BCUT2D eigenvalue weighted by Crippen LogP contribution is 2.33. The fraction of sp³-hybridized carbons (Fsp3) is 0.280. The van der Waals surface area contributed by atoms with Crippen LogP contribution in [0.5, 0.6) is 5.75 Å². The first-order chi connectivity index (χ1) is 15.0. The number of aromatic nitrogens is 1. The maximum atomic E-state index is 13.4. The van der Waals surface area contributed by atoms with Crippen LogP contribution in [0.3, 0.4) is 0 Å². The van der Waals surface area contributed by atoms with Gasteiger partial charge in [-0.15, -0.1) is 0 Å². The zero-order valence-electron chi connectivity index (χ0n) is 18.0. The number of H-pyrrole nitrogens is 1. The maximum absolute atomic E-state index is 13.4. The third-order valence-electron chi connectivity index (χ3n) is 5.55. The molecule has 0 saturated heterocycles. The van der Waals surface area contributed by atoms with Gasteiger partial charge in [-0.2, -0.15) is 0 Å². The summed E-state index contributed by atoms with van der Waals surface area (Å²) in [6.45, 7) is 4.27. The van der Waals surface area contributed by atoms with Crippen LogP contribution in [0.4, 0.5) is 0 Å². The van der Waals surface area contributed by atoms with Gasteiger partial charge < -0.3 is 19.4 Å². The normalized spacial score (nSPS) is 15.8. The van der Waals surface area contributed by atoms with Crippen LogP contribution in [0.1, 0.15) is 41.9 Å². The molecule has 1 unspecified atom stereocenters. The van der Waals surface area contributed by atoms with Crippen LogP contribution in [-0.4, -0.2) is 41.5 Å². The number of hydrogen-bond acceptors (Lipinski definition) is 4. The van der Waals surface area contributed by atoms with E-state index >= 15 is 0 Å². The number of aromatic amines is 1. The molecule has 1 aliphatic rings. The molecule has 3 aromatic rings. The molecule has 1 amide bonds. The van der Waals surface area contributed by atoms with Crippen molar-refractivity contribution in [3.05, 3.63) is 71.6 Å². The standard InChI is InChI=1S/C25H26N2O4/c1-4-13-31-25(29)21-15-27(24(28)17-9-11-18(30-3)12-10-17)16(2)14-20-19-7-5-6-8-22(19)26-23(20)21/h5-12,15-16,26H,4,13-14H2,1-3H3. The van der Waals surface area contributed by atoms with Gasteiger partial charge in [0.25, 0.3) is 5.91 Å². The number of rotatable bonds is 5. The number of nitrogens with one attached hydrogen (secondary N) is 1. The van der Waals surface area contributed by atoms with Crippen molar-refractivity contribution < 1.29 is 19.1 Å². The largest absolute Gasteiger partial charge is 0.497 e. The van der Waals surface area contributed by atoms with E-state index in [0.29, 0.717) is 29.9 Å². The monoisotopic (exact) mass is 418 g/mol. The van der Waals surface area contributed by atoms with Gasteiger partial charge >= 0.3 is 5.97 Å². The first-order valence-electron chi connectivity index (χ1n) is 10.5. The Kier molecular flexibility index (Phi) is 5.80. The second-order valence-corrected chi connectivity index (χ2v) is 7.70. The van der Waals surface area contributed by atoms with Gasteiger partial charge in [0.05, 0.1) is 25.0 Å². The van der Waals surface area contributed by atoms with Gasteiger partial charge in [-0.3, -0.25) is 4.79 Å². The Hall–Kier alpha value is -3.54. The van der Waals surface area contributed by atoms with Gasteiger partial charge in [0.2, 0.25) is 0 Å². The van der Waals surface area contributed by atoms with E-state index in [2.05, 4.69) is 4.98 Å². The quantitative estimate of drug-likeness (QED) is 0.617. The van der Waals surface area contributed by atoms with Crippen molar-refractivity contribution in [1.82, 2.24) is 9.88 Å². The number of amides is 1. The summed E-state index contributed by atoms with van der Waals surface area (Å²) in [7, 11) is 1.59. The van der Waals surface area contributed by atoms with Gasteiger partial charge in [0.15, 0.2) is 0 Å². The Morgan fingerprint density at radius 3 is 2.58 bits per heavy atom. The number of benzene rings is 2. The number of carbonyl (C=O) groups is 2. The van der Waals surface area contributed by atoms with Crippen LogP contribution in [0.25, 0.3) is 16.5 Å². The number of fused-ring (bicyclic) bond motifs is 3. The third-order valence-corrected chi connectivity index (χ3v) is 5.55. The van der Waals surface area contributed by atoms with Crippen LogP contribution < -0.4 is 4.74 Å². The average Bonchev–Trinajstić information content (AvgIpc) is 3.08. The molecule has 4 rings (SSSR count). The fourth-order valence-electron chi connectivity index (χ4n) is 3.94. The number of nitrogens with zero attached hydrogens (tertiary/aromatic N) is 1. The lowest BCUT2D eigenvalue weighted by Gasteiger charge is -2.25. The molecule has 0 saturated carbocycles. The molecule has 0 fully saturated rings. The van der Waals surface area contributed by atoms with E-state index in [1.165, 1.54) is 0 Å². The molecular weight excluding hydrogens is 392 g/mol. The number of ether oxygens (including phenoxy) is 2. The van der Waals surface area contributed by atoms with E-state index in [1.54, 1.807) is 42.5 Å². The second-order valence-electron chi connectivity index (χ2n) is 7.70. The lowest BCUT2D eigenvalue weighted by atomic mass is 10.0. The summed E-state index contributed by atoms with van der Waals surface area (Å²) in [5.41, 5.74) is 3.60. The zero-order valence-corrected chi connectivity index (χ0v) is 18.0.